The second-order valence-corrected chi connectivity index (χ2v) is 6.22. The van der Waals surface area contributed by atoms with Gasteiger partial charge in [0.15, 0.2) is 0 Å². The zero-order chi connectivity index (χ0) is 12.8. The van der Waals surface area contributed by atoms with Crippen LogP contribution in [0.1, 0.15) is 38.8 Å². The maximum absolute atomic E-state index is 5.83. The molecular weight excluding hydrogens is 224 g/mol. The van der Waals surface area contributed by atoms with Crippen molar-refractivity contribution in [3.8, 4) is 0 Å². The van der Waals surface area contributed by atoms with E-state index in [0.29, 0.717) is 24.1 Å². The van der Waals surface area contributed by atoms with Crippen molar-refractivity contribution in [3.63, 3.8) is 0 Å². The molecule has 3 nitrogen and oxygen atoms in total. The molecule has 1 saturated heterocycles. The first-order valence-corrected chi connectivity index (χ1v) is 6.88. The Morgan fingerprint density at radius 3 is 3.06 bits per heavy atom. The lowest BCUT2D eigenvalue weighted by molar-refractivity contribution is -0.115. The van der Waals surface area contributed by atoms with E-state index in [2.05, 4.69) is 37.1 Å². The maximum atomic E-state index is 5.83. The average Bonchev–Trinajstić information content (AvgIpc) is 2.83. The molecule has 2 aliphatic rings. The van der Waals surface area contributed by atoms with E-state index < -0.39 is 0 Å². The van der Waals surface area contributed by atoms with Gasteiger partial charge in [-0.25, -0.2) is 0 Å². The minimum atomic E-state index is 0.248. The van der Waals surface area contributed by atoms with Crippen molar-refractivity contribution in [3.05, 3.63) is 30.1 Å². The first kappa shape index (κ1) is 12.1. The van der Waals surface area contributed by atoms with Crippen LogP contribution in [0.4, 0.5) is 0 Å². The van der Waals surface area contributed by atoms with Crippen molar-refractivity contribution in [2.24, 2.45) is 11.3 Å². The van der Waals surface area contributed by atoms with Gasteiger partial charge < -0.3 is 10.1 Å². The van der Waals surface area contributed by atoms with Crippen LogP contribution < -0.4 is 5.32 Å². The van der Waals surface area contributed by atoms with Crippen LogP contribution in [0.15, 0.2) is 24.5 Å². The SMILES string of the molecule is C[C@H](NC1C2CCOC2C1(C)C)c1cccnc1. The average molecular weight is 246 g/mol. The highest BCUT2D eigenvalue weighted by Crippen LogP contribution is 2.52. The van der Waals surface area contributed by atoms with Gasteiger partial charge in [0.1, 0.15) is 0 Å². The molecule has 1 N–H and O–H groups in total. The summed E-state index contributed by atoms with van der Waals surface area (Å²) in [4.78, 5) is 4.20. The molecule has 0 aromatic carbocycles. The van der Waals surface area contributed by atoms with Gasteiger partial charge in [0.05, 0.1) is 6.10 Å². The predicted molar refractivity (Wildman–Crippen MR) is 71.2 cm³/mol. The van der Waals surface area contributed by atoms with Crippen LogP contribution in [0, 0.1) is 11.3 Å². The van der Waals surface area contributed by atoms with E-state index in [1.165, 1.54) is 12.0 Å². The van der Waals surface area contributed by atoms with Crippen LogP contribution >= 0.6 is 0 Å². The molecule has 1 aliphatic heterocycles. The largest absolute Gasteiger partial charge is 0.377 e. The summed E-state index contributed by atoms with van der Waals surface area (Å²) in [6, 6.07) is 5.05. The Morgan fingerprint density at radius 2 is 2.33 bits per heavy atom. The summed E-state index contributed by atoms with van der Waals surface area (Å²) in [6.45, 7) is 7.77. The molecule has 18 heavy (non-hydrogen) atoms. The van der Waals surface area contributed by atoms with Gasteiger partial charge in [0, 0.05) is 42.4 Å². The minimum absolute atomic E-state index is 0.248. The summed E-state index contributed by atoms with van der Waals surface area (Å²) in [7, 11) is 0. The van der Waals surface area contributed by atoms with Crippen LogP contribution in [0.25, 0.3) is 0 Å². The Hall–Kier alpha value is -0.930. The van der Waals surface area contributed by atoms with Crippen LogP contribution in [0.3, 0.4) is 0 Å². The van der Waals surface area contributed by atoms with Crippen molar-refractivity contribution in [2.45, 2.75) is 45.4 Å². The summed E-state index contributed by atoms with van der Waals surface area (Å²) in [6.07, 6.45) is 5.43. The topological polar surface area (TPSA) is 34.1 Å². The third kappa shape index (κ3) is 1.77. The Kier molecular flexibility index (Phi) is 2.91. The molecule has 98 valence electrons. The smallest absolute Gasteiger partial charge is 0.0685 e. The Morgan fingerprint density at radius 1 is 1.50 bits per heavy atom. The van der Waals surface area contributed by atoms with Gasteiger partial charge in [-0.05, 0) is 25.0 Å². The van der Waals surface area contributed by atoms with Crippen LogP contribution in [0.5, 0.6) is 0 Å². The molecule has 0 radical (unpaired) electrons. The van der Waals surface area contributed by atoms with Crippen molar-refractivity contribution in [1.29, 1.82) is 0 Å². The Balaban J connectivity index is 1.70. The molecule has 2 fully saturated rings. The molecule has 0 amide bonds. The molecule has 1 saturated carbocycles. The lowest BCUT2D eigenvalue weighted by Crippen LogP contribution is -2.66. The molecular formula is C15H22N2O. The molecule has 1 aliphatic carbocycles. The zero-order valence-electron chi connectivity index (χ0n) is 11.4. The fourth-order valence-electron chi connectivity index (χ4n) is 3.66. The van der Waals surface area contributed by atoms with Crippen LogP contribution in [0.2, 0.25) is 0 Å². The summed E-state index contributed by atoms with van der Waals surface area (Å²) in [5.74, 6) is 0.694. The van der Waals surface area contributed by atoms with Crippen molar-refractivity contribution < 1.29 is 4.74 Å². The number of aromatic nitrogens is 1. The van der Waals surface area contributed by atoms with E-state index in [0.717, 1.165) is 6.61 Å². The number of nitrogens with one attached hydrogen (secondary N) is 1. The van der Waals surface area contributed by atoms with Crippen molar-refractivity contribution in [1.82, 2.24) is 10.3 Å². The molecule has 2 heterocycles. The fourth-order valence-corrected chi connectivity index (χ4v) is 3.66. The number of hydrogen-bond acceptors (Lipinski definition) is 3. The molecule has 3 rings (SSSR count). The third-order valence-corrected chi connectivity index (χ3v) is 4.71. The molecule has 3 unspecified atom stereocenters. The first-order valence-electron chi connectivity index (χ1n) is 6.88. The molecule has 0 spiro atoms. The highest BCUT2D eigenvalue weighted by molar-refractivity contribution is 5.17. The van der Waals surface area contributed by atoms with E-state index in [9.17, 15) is 0 Å². The van der Waals surface area contributed by atoms with E-state index in [1.807, 2.05) is 18.5 Å². The van der Waals surface area contributed by atoms with E-state index >= 15 is 0 Å². The zero-order valence-corrected chi connectivity index (χ0v) is 11.4. The molecule has 1 aromatic rings. The van der Waals surface area contributed by atoms with Gasteiger partial charge in [0.25, 0.3) is 0 Å². The molecule has 0 bridgehead atoms. The van der Waals surface area contributed by atoms with E-state index in [4.69, 9.17) is 4.74 Å². The van der Waals surface area contributed by atoms with Crippen LogP contribution in [-0.4, -0.2) is 23.7 Å². The van der Waals surface area contributed by atoms with E-state index in [1.54, 1.807) is 0 Å². The summed E-state index contributed by atoms with van der Waals surface area (Å²) in [5.41, 5.74) is 1.51. The molecule has 3 heteroatoms. The third-order valence-electron chi connectivity index (χ3n) is 4.71. The van der Waals surface area contributed by atoms with Crippen molar-refractivity contribution in [2.75, 3.05) is 6.61 Å². The second-order valence-electron chi connectivity index (χ2n) is 6.22. The normalized spacial score (nSPS) is 34.7. The predicted octanol–water partition coefficient (Wildman–Crippen LogP) is 2.55. The second kappa shape index (κ2) is 4.32. The van der Waals surface area contributed by atoms with Crippen molar-refractivity contribution >= 4 is 0 Å². The lowest BCUT2D eigenvalue weighted by atomic mass is 9.57. The number of ether oxygens (including phenoxy) is 1. The number of pyridine rings is 1. The monoisotopic (exact) mass is 246 g/mol. The number of nitrogens with zero attached hydrogens (tertiary/aromatic N) is 1. The van der Waals surface area contributed by atoms with Gasteiger partial charge in [-0.2, -0.15) is 0 Å². The summed E-state index contributed by atoms with van der Waals surface area (Å²) < 4.78 is 5.83. The quantitative estimate of drug-likeness (QED) is 0.890. The van der Waals surface area contributed by atoms with E-state index in [-0.39, 0.29) is 5.41 Å². The Labute approximate surface area is 109 Å². The Bertz CT molecular complexity index is 418. The maximum Gasteiger partial charge on any atom is 0.0685 e. The lowest BCUT2D eigenvalue weighted by Gasteiger charge is -2.55. The highest BCUT2D eigenvalue weighted by Gasteiger charge is 2.59. The first-order chi connectivity index (χ1) is 8.60. The summed E-state index contributed by atoms with van der Waals surface area (Å²) in [5, 5.41) is 3.77. The van der Waals surface area contributed by atoms with Gasteiger partial charge in [-0.3, -0.25) is 4.98 Å². The van der Waals surface area contributed by atoms with Gasteiger partial charge in [0.2, 0.25) is 0 Å². The van der Waals surface area contributed by atoms with Gasteiger partial charge >= 0.3 is 0 Å². The highest BCUT2D eigenvalue weighted by atomic mass is 16.5. The minimum Gasteiger partial charge on any atom is -0.377 e. The molecule has 1 aromatic heterocycles. The molecule has 4 atom stereocenters. The standard InChI is InChI=1S/C15H22N2O/c1-10(11-5-4-7-16-9-11)17-13-12-6-8-18-14(12)15(13,2)3/h4-5,7,9-10,12-14,17H,6,8H2,1-3H3/t10-,12?,13?,14?/m0/s1. The van der Waals surface area contributed by atoms with Gasteiger partial charge in [-0.1, -0.05) is 19.9 Å². The number of fused-ring (bicyclic) bond motifs is 1. The number of rotatable bonds is 3. The van der Waals surface area contributed by atoms with Gasteiger partial charge in [-0.15, -0.1) is 0 Å². The summed E-state index contributed by atoms with van der Waals surface area (Å²) >= 11 is 0. The number of hydrogen-bond donors (Lipinski definition) is 1. The fraction of sp³-hybridized carbons (Fsp3) is 0.667. The van der Waals surface area contributed by atoms with Crippen LogP contribution in [-0.2, 0) is 4.74 Å².